The van der Waals surface area contributed by atoms with Crippen LogP contribution in [0.15, 0.2) is 6.07 Å². The lowest BCUT2D eigenvalue weighted by molar-refractivity contribution is -0.134. The van der Waals surface area contributed by atoms with Crippen molar-refractivity contribution in [3.05, 3.63) is 17.5 Å². The third-order valence-corrected chi connectivity index (χ3v) is 4.72. The number of hydrogen-bond donors (Lipinski definition) is 1. The fourth-order valence-electron chi connectivity index (χ4n) is 3.74. The number of amides is 1. The first-order valence-corrected chi connectivity index (χ1v) is 8.93. The minimum atomic E-state index is 0.166. The van der Waals surface area contributed by atoms with Gasteiger partial charge >= 0.3 is 0 Å². The zero-order valence-electron chi connectivity index (χ0n) is 15.5. The van der Waals surface area contributed by atoms with Crippen LogP contribution in [0.3, 0.4) is 0 Å². The van der Waals surface area contributed by atoms with E-state index in [0.29, 0.717) is 18.9 Å². The predicted molar refractivity (Wildman–Crippen MR) is 94.8 cm³/mol. The van der Waals surface area contributed by atoms with Gasteiger partial charge in [-0.25, -0.2) is 0 Å². The zero-order chi connectivity index (χ0) is 17.7. The third kappa shape index (κ3) is 5.31. The Bertz CT molecular complexity index is 541. The van der Waals surface area contributed by atoms with Crippen LogP contribution in [0.4, 0.5) is 0 Å². The van der Waals surface area contributed by atoms with Crippen LogP contribution in [0, 0.1) is 25.7 Å². The molecule has 136 valence electrons. The van der Waals surface area contributed by atoms with E-state index < -0.39 is 0 Å². The van der Waals surface area contributed by atoms with E-state index in [2.05, 4.69) is 30.2 Å². The highest BCUT2D eigenvalue weighted by Gasteiger charge is 2.29. The van der Waals surface area contributed by atoms with E-state index in [4.69, 9.17) is 0 Å². The Morgan fingerprint density at radius 2 is 2.04 bits per heavy atom. The third-order valence-electron chi connectivity index (χ3n) is 4.72. The number of carbonyl (C=O) groups excluding carboxylic acids is 1. The molecule has 0 bridgehead atoms. The largest absolute Gasteiger partial charge is 0.396 e. The molecule has 0 saturated carbocycles. The number of aryl methyl sites for hydroxylation is 3. The number of carbonyl (C=O) groups is 1. The Morgan fingerprint density at radius 1 is 1.33 bits per heavy atom. The molecule has 1 aromatic rings. The lowest BCUT2D eigenvalue weighted by Crippen LogP contribution is -2.47. The Morgan fingerprint density at radius 3 is 2.62 bits per heavy atom. The molecule has 0 unspecified atom stereocenters. The topological polar surface area (TPSA) is 61.6 Å². The van der Waals surface area contributed by atoms with Crippen molar-refractivity contribution in [2.24, 2.45) is 11.8 Å². The van der Waals surface area contributed by atoms with Gasteiger partial charge in [0.15, 0.2) is 0 Å². The summed E-state index contributed by atoms with van der Waals surface area (Å²) < 4.78 is 1.98. The molecule has 1 aliphatic rings. The quantitative estimate of drug-likeness (QED) is 0.815. The summed E-state index contributed by atoms with van der Waals surface area (Å²) in [4.78, 5) is 16.7. The fourth-order valence-corrected chi connectivity index (χ4v) is 3.74. The molecule has 2 atom stereocenters. The molecule has 6 nitrogen and oxygen atoms in total. The molecule has 1 aliphatic heterocycles. The summed E-state index contributed by atoms with van der Waals surface area (Å²) in [6.07, 6.45) is 2.36. The van der Waals surface area contributed by atoms with Gasteiger partial charge < -0.3 is 14.9 Å². The van der Waals surface area contributed by atoms with Crippen molar-refractivity contribution in [3.63, 3.8) is 0 Å². The number of aliphatic hydroxyl groups excluding tert-OH is 1. The molecule has 1 saturated heterocycles. The van der Waals surface area contributed by atoms with Gasteiger partial charge in [-0.15, -0.1) is 0 Å². The molecule has 1 fully saturated rings. The van der Waals surface area contributed by atoms with Crippen LogP contribution in [0.1, 0.15) is 30.7 Å². The first kappa shape index (κ1) is 18.9. The van der Waals surface area contributed by atoms with Crippen LogP contribution in [0.25, 0.3) is 0 Å². The summed E-state index contributed by atoms with van der Waals surface area (Å²) in [5, 5.41) is 14.0. The van der Waals surface area contributed by atoms with Crippen LogP contribution in [-0.2, 0) is 11.3 Å². The van der Waals surface area contributed by atoms with E-state index in [1.165, 1.54) is 0 Å². The maximum Gasteiger partial charge on any atom is 0.222 e. The van der Waals surface area contributed by atoms with Gasteiger partial charge in [0.1, 0.15) is 0 Å². The summed E-state index contributed by atoms with van der Waals surface area (Å²) in [6.45, 7) is 7.45. The highest BCUT2D eigenvalue weighted by atomic mass is 16.3. The molecular weight excluding hydrogens is 304 g/mol. The first-order chi connectivity index (χ1) is 11.4. The van der Waals surface area contributed by atoms with Crippen molar-refractivity contribution in [1.29, 1.82) is 0 Å². The summed E-state index contributed by atoms with van der Waals surface area (Å²) in [5.74, 6) is 0.868. The van der Waals surface area contributed by atoms with Gasteiger partial charge in [-0.05, 0) is 58.7 Å². The lowest BCUT2D eigenvalue weighted by atomic mass is 9.89. The van der Waals surface area contributed by atoms with Crippen molar-refractivity contribution in [1.82, 2.24) is 19.6 Å². The van der Waals surface area contributed by atoms with E-state index in [-0.39, 0.29) is 18.4 Å². The Labute approximate surface area is 145 Å². The second-order valence-corrected chi connectivity index (χ2v) is 7.47. The highest BCUT2D eigenvalue weighted by molar-refractivity contribution is 5.76. The molecule has 0 radical (unpaired) electrons. The molecular formula is C18H32N4O2. The second kappa shape index (κ2) is 8.62. The molecule has 1 aromatic heterocycles. The minimum Gasteiger partial charge on any atom is -0.396 e. The molecule has 0 aromatic carbocycles. The Balaban J connectivity index is 1.84. The highest BCUT2D eigenvalue weighted by Crippen LogP contribution is 2.23. The van der Waals surface area contributed by atoms with E-state index in [1.54, 1.807) is 0 Å². The van der Waals surface area contributed by atoms with Gasteiger partial charge in [0.25, 0.3) is 0 Å². The number of aromatic nitrogens is 2. The van der Waals surface area contributed by atoms with Crippen LogP contribution in [0.5, 0.6) is 0 Å². The molecule has 24 heavy (non-hydrogen) atoms. The van der Waals surface area contributed by atoms with Gasteiger partial charge in [-0.2, -0.15) is 5.10 Å². The SMILES string of the molecule is Cc1cc(C)n(CCCC(=O)N2C[C@@H](CO)C[C@@H](CN(C)C)C2)n1. The molecule has 2 heterocycles. The zero-order valence-corrected chi connectivity index (χ0v) is 15.5. The van der Waals surface area contributed by atoms with Crippen LogP contribution < -0.4 is 0 Å². The molecule has 0 spiro atoms. The number of piperidine rings is 1. The van der Waals surface area contributed by atoms with Crippen molar-refractivity contribution in [2.45, 2.75) is 39.7 Å². The standard InChI is InChI=1S/C18H32N4O2/c1-14-8-15(2)22(19-14)7-5-6-18(24)21-11-16(10-20(3)4)9-17(12-21)13-23/h8,16-17,23H,5-7,9-13H2,1-4H3/t16-,17-/m0/s1. The number of aliphatic hydroxyl groups is 1. The average Bonchev–Trinajstić information content (AvgIpc) is 2.84. The number of nitrogens with zero attached hydrogens (tertiary/aromatic N) is 4. The fraction of sp³-hybridized carbons (Fsp3) is 0.778. The van der Waals surface area contributed by atoms with E-state index in [9.17, 15) is 9.90 Å². The number of hydrogen-bond acceptors (Lipinski definition) is 4. The molecule has 1 amide bonds. The van der Waals surface area contributed by atoms with Gasteiger partial charge in [0.05, 0.1) is 5.69 Å². The maximum absolute atomic E-state index is 12.6. The lowest BCUT2D eigenvalue weighted by Gasteiger charge is -2.38. The summed E-state index contributed by atoms with van der Waals surface area (Å²) >= 11 is 0. The smallest absolute Gasteiger partial charge is 0.222 e. The van der Waals surface area contributed by atoms with Gasteiger partial charge in [0, 0.05) is 44.9 Å². The molecule has 0 aliphatic carbocycles. The molecule has 6 heteroatoms. The number of rotatable bonds is 7. The molecule has 2 rings (SSSR count). The maximum atomic E-state index is 12.6. The monoisotopic (exact) mass is 336 g/mol. The van der Waals surface area contributed by atoms with E-state index >= 15 is 0 Å². The Hall–Kier alpha value is -1.40. The second-order valence-electron chi connectivity index (χ2n) is 7.47. The minimum absolute atomic E-state index is 0.166. The van der Waals surface area contributed by atoms with E-state index in [1.807, 2.05) is 23.4 Å². The molecule has 1 N–H and O–H groups in total. The van der Waals surface area contributed by atoms with Crippen LogP contribution in [0.2, 0.25) is 0 Å². The number of likely N-dealkylation sites (tertiary alicyclic amines) is 1. The normalized spacial score (nSPS) is 21.5. The Kier molecular flexibility index (Phi) is 6.80. The van der Waals surface area contributed by atoms with Crippen LogP contribution >= 0.6 is 0 Å². The van der Waals surface area contributed by atoms with E-state index in [0.717, 1.165) is 43.9 Å². The summed E-state index contributed by atoms with van der Waals surface area (Å²) in [7, 11) is 4.12. The average molecular weight is 336 g/mol. The summed E-state index contributed by atoms with van der Waals surface area (Å²) in [5.41, 5.74) is 2.16. The van der Waals surface area contributed by atoms with Gasteiger partial charge in [-0.1, -0.05) is 0 Å². The van der Waals surface area contributed by atoms with Crippen LogP contribution in [-0.4, -0.2) is 70.9 Å². The van der Waals surface area contributed by atoms with Gasteiger partial charge in [0.2, 0.25) is 5.91 Å². The predicted octanol–water partition coefficient (Wildman–Crippen LogP) is 1.30. The van der Waals surface area contributed by atoms with Crippen molar-refractivity contribution < 1.29 is 9.90 Å². The van der Waals surface area contributed by atoms with Crippen molar-refractivity contribution in [2.75, 3.05) is 40.3 Å². The van der Waals surface area contributed by atoms with Crippen molar-refractivity contribution >= 4 is 5.91 Å². The van der Waals surface area contributed by atoms with Crippen molar-refractivity contribution in [3.8, 4) is 0 Å². The van der Waals surface area contributed by atoms with Gasteiger partial charge in [-0.3, -0.25) is 9.48 Å². The summed E-state index contributed by atoms with van der Waals surface area (Å²) in [6, 6.07) is 2.06. The first-order valence-electron chi connectivity index (χ1n) is 8.93.